The van der Waals surface area contributed by atoms with Gasteiger partial charge in [-0.05, 0) is 43.4 Å². The highest BCUT2D eigenvalue weighted by Gasteiger charge is 2.58. The molecule has 1 saturated carbocycles. The van der Waals surface area contributed by atoms with E-state index in [2.05, 4.69) is 4.99 Å². The van der Waals surface area contributed by atoms with Crippen LogP contribution in [-0.2, 0) is 4.79 Å². The molecular formula is C15H12Cl2N4O. The van der Waals surface area contributed by atoms with E-state index in [4.69, 9.17) is 28.5 Å². The average molecular weight is 335 g/mol. The summed E-state index contributed by atoms with van der Waals surface area (Å²) in [5, 5.41) is 9.91. The molecule has 0 radical (unpaired) electrons. The number of carbonyl (C=O) groups excluding carboxylic acids is 1. The normalized spacial score (nSPS) is 31.0. The number of aliphatic imine (C=N–C) groups is 1. The van der Waals surface area contributed by atoms with Gasteiger partial charge < -0.3 is 4.90 Å². The van der Waals surface area contributed by atoms with Crippen molar-refractivity contribution in [1.29, 1.82) is 5.26 Å². The molecule has 0 spiro atoms. The summed E-state index contributed by atoms with van der Waals surface area (Å²) in [7, 11) is 0. The van der Waals surface area contributed by atoms with Crippen molar-refractivity contribution >= 4 is 40.8 Å². The zero-order valence-electron chi connectivity index (χ0n) is 11.5. The minimum atomic E-state index is -0.205. The minimum Gasteiger partial charge on any atom is -0.326 e. The van der Waals surface area contributed by atoms with E-state index in [1.165, 1.54) is 4.90 Å². The van der Waals surface area contributed by atoms with Crippen molar-refractivity contribution < 1.29 is 4.79 Å². The number of benzene rings is 1. The van der Waals surface area contributed by atoms with Crippen molar-refractivity contribution in [3.63, 3.8) is 0 Å². The predicted molar refractivity (Wildman–Crippen MR) is 83.8 cm³/mol. The topological polar surface area (TPSA) is 59.7 Å². The third-order valence-electron chi connectivity index (χ3n) is 4.74. The van der Waals surface area contributed by atoms with E-state index in [9.17, 15) is 4.79 Å². The first kappa shape index (κ1) is 13.9. The maximum atomic E-state index is 12.9. The van der Waals surface area contributed by atoms with Gasteiger partial charge in [0, 0.05) is 16.1 Å². The summed E-state index contributed by atoms with van der Waals surface area (Å²) in [6, 6.07) is 5.04. The number of guanidine groups is 1. The van der Waals surface area contributed by atoms with Gasteiger partial charge in [0.25, 0.3) is 5.91 Å². The number of nitrogens with zero attached hydrogens (tertiary/aromatic N) is 4. The first-order chi connectivity index (χ1) is 10.6. The summed E-state index contributed by atoms with van der Waals surface area (Å²) in [5.74, 6) is 0.712. The van der Waals surface area contributed by atoms with Gasteiger partial charge in [-0.1, -0.05) is 23.2 Å². The fourth-order valence-corrected chi connectivity index (χ4v) is 4.52. The highest BCUT2D eigenvalue weighted by Crippen LogP contribution is 2.47. The quantitative estimate of drug-likeness (QED) is 0.741. The molecule has 1 aromatic rings. The van der Waals surface area contributed by atoms with Crippen molar-refractivity contribution in [1.82, 2.24) is 4.90 Å². The Labute approximate surface area is 137 Å². The van der Waals surface area contributed by atoms with Crippen LogP contribution in [0.1, 0.15) is 19.3 Å². The van der Waals surface area contributed by atoms with Gasteiger partial charge in [-0.25, -0.2) is 4.90 Å². The van der Waals surface area contributed by atoms with Gasteiger partial charge in [0.15, 0.2) is 0 Å². The Hall–Kier alpha value is -1.77. The lowest BCUT2D eigenvalue weighted by molar-refractivity contribution is -0.120. The Morgan fingerprint density at radius 1 is 1.23 bits per heavy atom. The van der Waals surface area contributed by atoms with Crippen LogP contribution in [-0.4, -0.2) is 28.9 Å². The summed E-state index contributed by atoms with van der Waals surface area (Å²) >= 11 is 12.1. The van der Waals surface area contributed by atoms with Crippen LogP contribution in [0.25, 0.3) is 0 Å². The molecule has 3 atom stereocenters. The van der Waals surface area contributed by atoms with Crippen molar-refractivity contribution in [2.24, 2.45) is 10.9 Å². The number of halogens is 2. The maximum absolute atomic E-state index is 12.9. The van der Waals surface area contributed by atoms with E-state index in [1.807, 2.05) is 11.1 Å². The lowest BCUT2D eigenvalue weighted by atomic mass is 9.99. The number of fused-ring (bicyclic) bond motifs is 5. The zero-order valence-corrected chi connectivity index (χ0v) is 13.1. The first-order valence-electron chi connectivity index (χ1n) is 7.15. The molecule has 1 aromatic carbocycles. The zero-order chi connectivity index (χ0) is 15.4. The number of piperidine rings is 1. The Kier molecular flexibility index (Phi) is 3.07. The van der Waals surface area contributed by atoms with E-state index >= 15 is 0 Å². The van der Waals surface area contributed by atoms with Gasteiger partial charge in [-0.15, -0.1) is 4.99 Å². The van der Waals surface area contributed by atoms with Crippen molar-refractivity contribution in [3.8, 4) is 6.19 Å². The van der Waals surface area contributed by atoms with Crippen LogP contribution in [0.3, 0.4) is 0 Å². The molecule has 7 heteroatoms. The molecule has 2 bridgehead atoms. The van der Waals surface area contributed by atoms with Gasteiger partial charge >= 0.3 is 0 Å². The minimum absolute atomic E-state index is 0.0421. The monoisotopic (exact) mass is 334 g/mol. The summed E-state index contributed by atoms with van der Waals surface area (Å²) in [6.45, 7) is 0. The second kappa shape index (κ2) is 4.87. The number of carbonyl (C=O) groups is 1. The largest absolute Gasteiger partial charge is 0.326 e. The molecule has 2 aliphatic heterocycles. The second-order valence-electron chi connectivity index (χ2n) is 5.89. The van der Waals surface area contributed by atoms with Gasteiger partial charge in [-0.3, -0.25) is 4.79 Å². The van der Waals surface area contributed by atoms with Crippen LogP contribution < -0.4 is 4.90 Å². The number of anilines is 1. The maximum Gasteiger partial charge on any atom is 0.257 e. The lowest BCUT2D eigenvalue weighted by Gasteiger charge is -2.28. The van der Waals surface area contributed by atoms with Crippen molar-refractivity contribution in [3.05, 3.63) is 28.2 Å². The molecular weight excluding hydrogens is 323 g/mol. The fraction of sp³-hybridized carbons (Fsp3) is 0.400. The molecule has 4 rings (SSSR count). The Balaban J connectivity index is 1.83. The summed E-state index contributed by atoms with van der Waals surface area (Å²) < 4.78 is 0. The smallest absolute Gasteiger partial charge is 0.257 e. The first-order valence-corrected chi connectivity index (χ1v) is 7.91. The van der Waals surface area contributed by atoms with Crippen LogP contribution in [0.15, 0.2) is 23.2 Å². The van der Waals surface area contributed by atoms with Crippen molar-refractivity contribution in [2.45, 2.75) is 31.3 Å². The molecule has 22 heavy (non-hydrogen) atoms. The number of rotatable bonds is 1. The van der Waals surface area contributed by atoms with Gasteiger partial charge in [0.2, 0.25) is 12.2 Å². The molecule has 112 valence electrons. The third kappa shape index (κ3) is 1.84. The Morgan fingerprint density at radius 2 is 1.95 bits per heavy atom. The molecule has 5 nitrogen and oxygen atoms in total. The van der Waals surface area contributed by atoms with Gasteiger partial charge in [0.1, 0.15) is 6.04 Å². The van der Waals surface area contributed by atoms with Gasteiger partial charge in [0.05, 0.1) is 5.69 Å². The van der Waals surface area contributed by atoms with Crippen LogP contribution in [0.5, 0.6) is 0 Å². The Morgan fingerprint density at radius 3 is 2.64 bits per heavy atom. The van der Waals surface area contributed by atoms with E-state index in [0.29, 0.717) is 33.7 Å². The SMILES string of the molecule is N#C/N=C1\N(c2cc(Cl)cc(Cl)c2)C(=O)[C@H]2C3CCC(C3)N12. The molecule has 1 aliphatic carbocycles. The van der Waals surface area contributed by atoms with Crippen LogP contribution >= 0.6 is 23.2 Å². The molecule has 2 heterocycles. The van der Waals surface area contributed by atoms with E-state index < -0.39 is 0 Å². The summed E-state index contributed by atoms with van der Waals surface area (Å²) in [5.41, 5.74) is 0.560. The van der Waals surface area contributed by atoms with Crippen LogP contribution in [0.2, 0.25) is 10.0 Å². The number of hydrogen-bond donors (Lipinski definition) is 0. The molecule has 0 aromatic heterocycles. The number of amides is 1. The molecule has 2 unspecified atom stereocenters. The highest BCUT2D eigenvalue weighted by atomic mass is 35.5. The fourth-order valence-electron chi connectivity index (χ4n) is 4.00. The lowest BCUT2D eigenvalue weighted by Crippen LogP contribution is -2.41. The highest BCUT2D eigenvalue weighted by molar-refractivity contribution is 6.35. The van der Waals surface area contributed by atoms with Crippen LogP contribution in [0, 0.1) is 17.4 Å². The van der Waals surface area contributed by atoms with E-state index in [-0.39, 0.29) is 11.9 Å². The molecule has 3 aliphatic rings. The predicted octanol–water partition coefficient (Wildman–Crippen LogP) is 3.03. The third-order valence-corrected chi connectivity index (χ3v) is 5.18. The van der Waals surface area contributed by atoms with E-state index in [1.54, 1.807) is 18.2 Å². The molecule has 3 fully saturated rings. The van der Waals surface area contributed by atoms with Gasteiger partial charge in [-0.2, -0.15) is 5.26 Å². The Bertz CT molecular complexity index is 721. The van der Waals surface area contributed by atoms with Crippen LogP contribution in [0.4, 0.5) is 5.69 Å². The average Bonchev–Trinajstić information content (AvgIpc) is 3.11. The number of hydrogen-bond acceptors (Lipinski definition) is 3. The molecule has 0 N–H and O–H groups in total. The summed E-state index contributed by atoms with van der Waals surface area (Å²) in [4.78, 5) is 20.3. The number of nitriles is 1. The summed E-state index contributed by atoms with van der Waals surface area (Å²) in [6.07, 6.45) is 4.92. The molecule has 1 amide bonds. The molecule has 2 saturated heterocycles. The standard InChI is InChI=1S/C15H12Cl2N4O/c16-9-4-10(17)6-12(5-9)21-14(22)13-8-1-2-11(3-8)20(13)15(21)19-7-18/h4-6,8,11,13H,1-3H2/b19-15-/t8?,11?,13-/m1/s1. The van der Waals surface area contributed by atoms with Crippen molar-refractivity contribution in [2.75, 3.05) is 4.90 Å². The van der Waals surface area contributed by atoms with E-state index in [0.717, 1.165) is 19.3 Å². The second-order valence-corrected chi connectivity index (χ2v) is 6.77.